The van der Waals surface area contributed by atoms with Gasteiger partial charge in [-0.05, 0) is 32.3 Å². The van der Waals surface area contributed by atoms with Gasteiger partial charge in [0.1, 0.15) is 0 Å². The minimum absolute atomic E-state index is 0.000331. The van der Waals surface area contributed by atoms with Crippen molar-refractivity contribution in [3.8, 4) is 10.9 Å². The number of hydrogen-bond donors (Lipinski definition) is 2. The topological polar surface area (TPSA) is 133 Å². The fraction of sp³-hybridized carbons (Fsp3) is 0.421. The number of aromatic nitrogens is 4. The molecule has 0 aliphatic heterocycles. The molecule has 4 rings (SSSR count). The standard InChI is InChI=1S/C19H22N6O5S/c1-10-7-8-20-25(10)19-24-23-18(31-19)22-16(26)14-9-12(15(29-3)17(27)30-14)21-11-5-4-6-13(11)28-2/h7-9,11,13,21H,4-6H2,1-3H3,(H,22,23,26)/t11-,13-/m0/s1. The molecule has 164 valence electrons. The van der Waals surface area contributed by atoms with Crippen molar-refractivity contribution in [1.29, 1.82) is 0 Å². The molecule has 0 aromatic carbocycles. The molecule has 3 aromatic heterocycles. The number of methoxy groups -OCH3 is 2. The fourth-order valence-corrected chi connectivity index (χ4v) is 4.31. The normalized spacial score (nSPS) is 18.2. The molecule has 0 bridgehead atoms. The Morgan fingerprint density at radius 3 is 2.87 bits per heavy atom. The Bertz CT molecular complexity index is 1140. The minimum Gasteiger partial charge on any atom is -0.488 e. The largest absolute Gasteiger partial charge is 0.488 e. The Kier molecular flexibility index (Phi) is 6.00. The van der Waals surface area contributed by atoms with Crippen molar-refractivity contribution in [3.63, 3.8) is 0 Å². The van der Waals surface area contributed by atoms with Crippen LogP contribution in [0.4, 0.5) is 10.8 Å². The SMILES string of the molecule is COc1c(N[C@H]2CCC[C@@H]2OC)cc(C(=O)Nc2nnc(-n3nccc3C)s2)oc1=O. The zero-order valence-electron chi connectivity index (χ0n) is 17.2. The van der Waals surface area contributed by atoms with Crippen LogP contribution in [0.15, 0.2) is 27.5 Å². The molecule has 1 saturated carbocycles. The maximum atomic E-state index is 12.7. The molecule has 1 aliphatic carbocycles. The molecule has 1 fully saturated rings. The zero-order chi connectivity index (χ0) is 22.0. The van der Waals surface area contributed by atoms with Crippen LogP contribution in [0.25, 0.3) is 5.13 Å². The van der Waals surface area contributed by atoms with Gasteiger partial charge in [-0.25, -0.2) is 9.48 Å². The van der Waals surface area contributed by atoms with Crippen molar-refractivity contribution in [1.82, 2.24) is 20.0 Å². The van der Waals surface area contributed by atoms with Crippen molar-refractivity contribution >= 4 is 28.1 Å². The van der Waals surface area contributed by atoms with Gasteiger partial charge in [-0.2, -0.15) is 5.10 Å². The van der Waals surface area contributed by atoms with Crippen LogP contribution < -0.4 is 21.0 Å². The number of ether oxygens (including phenoxy) is 2. The molecule has 31 heavy (non-hydrogen) atoms. The summed E-state index contributed by atoms with van der Waals surface area (Å²) in [4.78, 5) is 25.1. The highest BCUT2D eigenvalue weighted by atomic mass is 32.1. The lowest BCUT2D eigenvalue weighted by Crippen LogP contribution is -2.30. The van der Waals surface area contributed by atoms with Crippen molar-refractivity contribution in [2.75, 3.05) is 24.9 Å². The maximum absolute atomic E-state index is 12.7. The minimum atomic E-state index is -0.755. The van der Waals surface area contributed by atoms with Gasteiger partial charge in [0.2, 0.25) is 16.0 Å². The van der Waals surface area contributed by atoms with E-state index in [1.807, 2.05) is 13.0 Å². The van der Waals surface area contributed by atoms with Gasteiger partial charge in [0, 0.05) is 25.1 Å². The second kappa shape index (κ2) is 8.86. The van der Waals surface area contributed by atoms with E-state index in [0.717, 1.165) is 36.3 Å². The van der Waals surface area contributed by atoms with Crippen LogP contribution in [0.5, 0.6) is 5.75 Å². The van der Waals surface area contributed by atoms with E-state index in [1.165, 1.54) is 13.2 Å². The average molecular weight is 446 g/mol. The Labute approximate surface area is 181 Å². The molecule has 2 atom stereocenters. The molecule has 3 heterocycles. The van der Waals surface area contributed by atoms with E-state index < -0.39 is 11.5 Å². The maximum Gasteiger partial charge on any atom is 0.381 e. The number of hydrogen-bond acceptors (Lipinski definition) is 10. The van der Waals surface area contributed by atoms with Crippen LogP contribution in [-0.4, -0.2) is 52.3 Å². The molecule has 0 unspecified atom stereocenters. The van der Waals surface area contributed by atoms with Gasteiger partial charge in [-0.3, -0.25) is 10.1 Å². The monoisotopic (exact) mass is 446 g/mol. The number of carbonyl (C=O) groups is 1. The second-order valence-corrected chi connectivity index (χ2v) is 7.99. The lowest BCUT2D eigenvalue weighted by atomic mass is 10.2. The number of aryl methyl sites for hydroxylation is 1. The molecule has 2 N–H and O–H groups in total. The van der Waals surface area contributed by atoms with Gasteiger partial charge < -0.3 is 19.2 Å². The summed E-state index contributed by atoms with van der Waals surface area (Å²) >= 11 is 1.14. The highest BCUT2D eigenvalue weighted by Crippen LogP contribution is 2.29. The molecular weight excluding hydrogens is 424 g/mol. The molecule has 1 aliphatic rings. The Balaban J connectivity index is 1.55. The highest BCUT2D eigenvalue weighted by Gasteiger charge is 2.29. The quantitative estimate of drug-likeness (QED) is 0.560. The lowest BCUT2D eigenvalue weighted by molar-refractivity contribution is 0.0990. The Morgan fingerprint density at radius 1 is 1.32 bits per heavy atom. The smallest absolute Gasteiger partial charge is 0.381 e. The van der Waals surface area contributed by atoms with Crippen molar-refractivity contribution < 1.29 is 18.7 Å². The summed E-state index contributed by atoms with van der Waals surface area (Å²) in [5, 5.41) is 18.8. The predicted molar refractivity (Wildman–Crippen MR) is 113 cm³/mol. The summed E-state index contributed by atoms with van der Waals surface area (Å²) in [6, 6.07) is 3.28. The third-order valence-electron chi connectivity index (χ3n) is 5.08. The average Bonchev–Trinajstić information content (AvgIpc) is 3.49. The van der Waals surface area contributed by atoms with Crippen molar-refractivity contribution in [2.45, 2.75) is 38.3 Å². The van der Waals surface area contributed by atoms with Gasteiger partial charge in [-0.1, -0.05) is 11.3 Å². The van der Waals surface area contributed by atoms with Crippen LogP contribution >= 0.6 is 11.3 Å². The number of anilines is 2. The van der Waals surface area contributed by atoms with Crippen molar-refractivity contribution in [3.05, 3.63) is 40.2 Å². The molecule has 12 heteroatoms. The van der Waals surface area contributed by atoms with Crippen LogP contribution in [0.3, 0.4) is 0 Å². The van der Waals surface area contributed by atoms with Gasteiger partial charge in [0.15, 0.2) is 5.76 Å². The summed E-state index contributed by atoms with van der Waals surface area (Å²) in [6.45, 7) is 1.88. The molecule has 0 spiro atoms. The van der Waals surface area contributed by atoms with E-state index in [0.29, 0.717) is 10.8 Å². The summed E-state index contributed by atoms with van der Waals surface area (Å²) in [7, 11) is 3.03. The summed E-state index contributed by atoms with van der Waals surface area (Å²) < 4.78 is 17.5. The predicted octanol–water partition coefficient (Wildman–Crippen LogP) is 2.23. The Hall–Kier alpha value is -3.25. The number of nitrogens with zero attached hydrogens (tertiary/aromatic N) is 4. The van der Waals surface area contributed by atoms with E-state index in [1.54, 1.807) is 18.0 Å². The highest BCUT2D eigenvalue weighted by molar-refractivity contribution is 7.17. The molecule has 11 nitrogen and oxygen atoms in total. The van der Waals surface area contributed by atoms with E-state index in [-0.39, 0.29) is 28.8 Å². The van der Waals surface area contributed by atoms with Crippen LogP contribution in [0.1, 0.15) is 35.5 Å². The zero-order valence-corrected chi connectivity index (χ0v) is 18.1. The summed E-state index contributed by atoms with van der Waals surface area (Å²) in [6.07, 6.45) is 4.46. The van der Waals surface area contributed by atoms with Gasteiger partial charge >= 0.3 is 5.63 Å². The lowest BCUT2D eigenvalue weighted by Gasteiger charge is -2.21. The number of carbonyl (C=O) groups excluding carboxylic acids is 1. The number of rotatable bonds is 7. The summed E-state index contributed by atoms with van der Waals surface area (Å²) in [5.74, 6) is -0.796. The van der Waals surface area contributed by atoms with E-state index >= 15 is 0 Å². The molecule has 0 saturated heterocycles. The molecule has 3 aromatic rings. The number of nitrogens with one attached hydrogen (secondary N) is 2. The first-order chi connectivity index (χ1) is 15.0. The molecule has 1 amide bonds. The summed E-state index contributed by atoms with van der Waals surface area (Å²) in [5.41, 5.74) is 0.505. The first-order valence-electron chi connectivity index (χ1n) is 9.67. The third kappa shape index (κ3) is 4.30. The van der Waals surface area contributed by atoms with Crippen LogP contribution in [-0.2, 0) is 4.74 Å². The van der Waals surface area contributed by atoms with E-state index in [4.69, 9.17) is 13.9 Å². The van der Waals surface area contributed by atoms with Gasteiger partial charge in [0.05, 0.1) is 24.9 Å². The van der Waals surface area contributed by atoms with Gasteiger partial charge in [0.25, 0.3) is 5.91 Å². The fourth-order valence-electron chi connectivity index (χ4n) is 3.55. The molecule has 0 radical (unpaired) electrons. The third-order valence-corrected chi connectivity index (χ3v) is 5.89. The molecular formula is C19H22N6O5S. The van der Waals surface area contributed by atoms with Crippen molar-refractivity contribution in [2.24, 2.45) is 0 Å². The van der Waals surface area contributed by atoms with Crippen LogP contribution in [0, 0.1) is 6.92 Å². The van der Waals surface area contributed by atoms with Gasteiger partial charge in [-0.15, -0.1) is 10.2 Å². The van der Waals surface area contributed by atoms with Crippen LogP contribution in [0.2, 0.25) is 0 Å². The Morgan fingerprint density at radius 2 is 2.16 bits per heavy atom. The van der Waals surface area contributed by atoms with E-state index in [2.05, 4.69) is 25.9 Å². The second-order valence-electron chi connectivity index (χ2n) is 7.03. The number of amides is 1. The van der Waals surface area contributed by atoms with E-state index in [9.17, 15) is 9.59 Å². The first-order valence-corrected chi connectivity index (χ1v) is 10.5. The first kappa shape index (κ1) is 21.0.